The number of aromatic nitrogens is 1. The van der Waals surface area contributed by atoms with Crippen LogP contribution in [0.25, 0.3) is 10.4 Å². The molecule has 2 unspecified atom stereocenters. The van der Waals surface area contributed by atoms with Gasteiger partial charge < -0.3 is 4.98 Å². The zero-order valence-electron chi connectivity index (χ0n) is 12.9. The number of hydrogen-bond donors (Lipinski definition) is 1. The zero-order chi connectivity index (χ0) is 15.4. The van der Waals surface area contributed by atoms with Crippen molar-refractivity contribution in [2.24, 2.45) is 5.92 Å². The third-order valence-electron chi connectivity index (χ3n) is 5.21. The molecule has 0 aromatic carbocycles. The van der Waals surface area contributed by atoms with Crippen LogP contribution in [0.1, 0.15) is 70.6 Å². The van der Waals surface area contributed by atoms with Crippen molar-refractivity contribution in [1.29, 1.82) is 0 Å². The molecule has 0 saturated heterocycles. The summed E-state index contributed by atoms with van der Waals surface area (Å²) >= 11 is 1.66. The summed E-state index contributed by atoms with van der Waals surface area (Å²) in [4.78, 5) is 29.6. The smallest absolute Gasteiger partial charge is 0.183 e. The topological polar surface area (TPSA) is 49.9 Å². The number of aromatic amines is 1. The lowest BCUT2D eigenvalue weighted by molar-refractivity contribution is 0.0866. The molecule has 2 aliphatic rings. The molecule has 2 aromatic heterocycles. The fourth-order valence-corrected chi connectivity index (χ4v) is 5.32. The van der Waals surface area contributed by atoms with Gasteiger partial charge in [-0.3, -0.25) is 9.59 Å². The van der Waals surface area contributed by atoms with Crippen molar-refractivity contribution < 1.29 is 9.59 Å². The second-order valence-corrected chi connectivity index (χ2v) is 7.41. The van der Waals surface area contributed by atoms with Gasteiger partial charge in [0, 0.05) is 27.6 Å². The van der Waals surface area contributed by atoms with Crippen LogP contribution in [0.5, 0.6) is 0 Å². The zero-order valence-corrected chi connectivity index (χ0v) is 13.7. The molecule has 114 valence electrons. The molecule has 4 rings (SSSR count). The van der Waals surface area contributed by atoms with Gasteiger partial charge in [0.25, 0.3) is 0 Å². The van der Waals surface area contributed by atoms with E-state index in [4.69, 9.17) is 0 Å². The average molecular weight is 313 g/mol. The Morgan fingerprint density at radius 1 is 1.27 bits per heavy atom. The third kappa shape index (κ3) is 1.80. The average Bonchev–Trinajstić information content (AvgIpc) is 3.08. The van der Waals surface area contributed by atoms with Crippen LogP contribution < -0.4 is 0 Å². The van der Waals surface area contributed by atoms with E-state index in [2.05, 4.69) is 16.4 Å². The van der Waals surface area contributed by atoms with Crippen LogP contribution in [0.2, 0.25) is 0 Å². The Labute approximate surface area is 133 Å². The van der Waals surface area contributed by atoms with E-state index >= 15 is 0 Å². The maximum atomic E-state index is 13.1. The van der Waals surface area contributed by atoms with Crippen molar-refractivity contribution in [2.45, 2.75) is 45.4 Å². The number of aryl methyl sites for hydroxylation is 1. The summed E-state index contributed by atoms with van der Waals surface area (Å²) in [5, 5.41) is 2.10. The van der Waals surface area contributed by atoms with Gasteiger partial charge in [0.15, 0.2) is 11.6 Å². The van der Waals surface area contributed by atoms with Crippen LogP contribution in [-0.2, 0) is 0 Å². The van der Waals surface area contributed by atoms with Crippen molar-refractivity contribution in [2.75, 3.05) is 0 Å². The van der Waals surface area contributed by atoms with E-state index < -0.39 is 0 Å². The number of carbonyl (C=O) groups is 2. The van der Waals surface area contributed by atoms with Gasteiger partial charge in [-0.1, -0.05) is 12.8 Å². The SMILES string of the molecule is CC(=O)c1c(C)[nH]c2c1-c1sccc1C1CCCCC1C2=O. The molecule has 2 aromatic rings. The molecular formula is C18H19NO2S. The Balaban J connectivity index is 2.04. The van der Waals surface area contributed by atoms with Crippen molar-refractivity contribution in [3.8, 4) is 10.4 Å². The minimum atomic E-state index is 0.0343. The fourth-order valence-electron chi connectivity index (χ4n) is 4.29. The number of carbonyl (C=O) groups excluding carboxylic acids is 2. The highest BCUT2D eigenvalue weighted by Crippen LogP contribution is 2.50. The second-order valence-electron chi connectivity index (χ2n) is 6.50. The van der Waals surface area contributed by atoms with Gasteiger partial charge >= 0.3 is 0 Å². The summed E-state index contributed by atoms with van der Waals surface area (Å²) in [7, 11) is 0. The molecule has 1 saturated carbocycles. The third-order valence-corrected chi connectivity index (χ3v) is 6.16. The van der Waals surface area contributed by atoms with Gasteiger partial charge in [0.2, 0.25) is 0 Å². The van der Waals surface area contributed by atoms with Crippen LogP contribution in [0.3, 0.4) is 0 Å². The van der Waals surface area contributed by atoms with Crippen molar-refractivity contribution >= 4 is 22.9 Å². The Kier molecular flexibility index (Phi) is 3.12. The predicted molar refractivity (Wildman–Crippen MR) is 87.9 cm³/mol. The first kappa shape index (κ1) is 13.9. The van der Waals surface area contributed by atoms with E-state index in [0.29, 0.717) is 17.2 Å². The highest BCUT2D eigenvalue weighted by atomic mass is 32.1. The molecule has 4 heteroatoms. The standard InChI is InChI=1S/C18H19NO2S/c1-9-14(10(2)20)15-16(19-9)17(21)12-6-4-3-5-11(12)13-7-8-22-18(13)15/h7-8,11-12,19H,3-6H2,1-2H3. The molecule has 1 N–H and O–H groups in total. The van der Waals surface area contributed by atoms with Crippen molar-refractivity contribution in [1.82, 2.24) is 4.98 Å². The van der Waals surface area contributed by atoms with E-state index in [0.717, 1.165) is 35.4 Å². The number of rotatable bonds is 1. The van der Waals surface area contributed by atoms with E-state index in [1.807, 2.05) is 6.92 Å². The lowest BCUT2D eigenvalue weighted by atomic mass is 9.74. The Hall–Kier alpha value is -1.68. The van der Waals surface area contributed by atoms with Gasteiger partial charge in [0.1, 0.15) is 0 Å². The van der Waals surface area contributed by atoms with Crippen LogP contribution in [-0.4, -0.2) is 16.6 Å². The maximum Gasteiger partial charge on any atom is 0.183 e. The summed E-state index contributed by atoms with van der Waals surface area (Å²) in [6.45, 7) is 3.48. The number of H-pyrrole nitrogens is 1. The quantitative estimate of drug-likeness (QED) is 0.774. The van der Waals surface area contributed by atoms with E-state index in [1.165, 1.54) is 12.0 Å². The summed E-state index contributed by atoms with van der Waals surface area (Å²) in [6.07, 6.45) is 4.36. The van der Waals surface area contributed by atoms with Gasteiger partial charge in [-0.25, -0.2) is 0 Å². The molecule has 0 amide bonds. The molecular weight excluding hydrogens is 294 g/mol. The van der Waals surface area contributed by atoms with Crippen LogP contribution >= 0.6 is 11.3 Å². The molecule has 2 aliphatic carbocycles. The fraction of sp³-hybridized carbons (Fsp3) is 0.444. The van der Waals surface area contributed by atoms with Crippen molar-refractivity contribution in [3.05, 3.63) is 34.0 Å². The summed E-state index contributed by atoms with van der Waals surface area (Å²) in [5.41, 5.74) is 4.34. The first-order valence-electron chi connectivity index (χ1n) is 7.95. The molecule has 1 fully saturated rings. The highest BCUT2D eigenvalue weighted by Gasteiger charge is 2.40. The van der Waals surface area contributed by atoms with Crippen LogP contribution in [0.15, 0.2) is 11.4 Å². The van der Waals surface area contributed by atoms with E-state index in [9.17, 15) is 9.59 Å². The molecule has 0 radical (unpaired) electrons. The Morgan fingerprint density at radius 3 is 2.73 bits per heavy atom. The normalized spacial score (nSPS) is 23.5. The minimum absolute atomic E-state index is 0.0343. The predicted octanol–water partition coefficient (Wildman–Crippen LogP) is 4.72. The largest absolute Gasteiger partial charge is 0.355 e. The maximum absolute atomic E-state index is 13.1. The highest BCUT2D eigenvalue weighted by molar-refractivity contribution is 7.13. The van der Waals surface area contributed by atoms with Gasteiger partial charge in [0.05, 0.1) is 5.69 Å². The van der Waals surface area contributed by atoms with Crippen LogP contribution in [0, 0.1) is 12.8 Å². The molecule has 0 aliphatic heterocycles. The number of ketones is 2. The van der Waals surface area contributed by atoms with Crippen LogP contribution in [0.4, 0.5) is 0 Å². The molecule has 2 heterocycles. The summed E-state index contributed by atoms with van der Waals surface area (Å²) in [5.74, 6) is 0.635. The lowest BCUT2D eigenvalue weighted by Gasteiger charge is -2.29. The molecule has 0 bridgehead atoms. The Bertz CT molecular complexity index is 783. The molecule has 22 heavy (non-hydrogen) atoms. The number of hydrogen-bond acceptors (Lipinski definition) is 3. The van der Waals surface area contributed by atoms with Crippen molar-refractivity contribution in [3.63, 3.8) is 0 Å². The lowest BCUT2D eigenvalue weighted by Crippen LogP contribution is -2.24. The Morgan fingerprint density at radius 2 is 2.00 bits per heavy atom. The number of nitrogens with one attached hydrogen (secondary N) is 1. The summed E-state index contributed by atoms with van der Waals surface area (Å²) in [6, 6.07) is 2.16. The monoisotopic (exact) mass is 313 g/mol. The summed E-state index contributed by atoms with van der Waals surface area (Å²) < 4.78 is 0. The minimum Gasteiger partial charge on any atom is -0.355 e. The first-order valence-corrected chi connectivity index (χ1v) is 8.83. The second kappa shape index (κ2) is 4.92. The first-order chi connectivity index (χ1) is 10.6. The van der Waals surface area contributed by atoms with Gasteiger partial charge in [-0.05, 0) is 49.6 Å². The number of Topliss-reactive ketones (excluding diaryl/α,β-unsaturated/α-hetero) is 2. The number of fused-ring (bicyclic) bond motifs is 5. The van der Waals surface area contributed by atoms with Gasteiger partial charge in [-0.2, -0.15) is 0 Å². The van der Waals surface area contributed by atoms with E-state index in [-0.39, 0.29) is 17.5 Å². The van der Waals surface area contributed by atoms with E-state index in [1.54, 1.807) is 18.3 Å². The molecule has 3 nitrogen and oxygen atoms in total. The van der Waals surface area contributed by atoms with Gasteiger partial charge in [-0.15, -0.1) is 11.3 Å². The molecule has 0 spiro atoms. The molecule has 2 atom stereocenters. The number of thiophene rings is 1.